The Bertz CT molecular complexity index is 796. The highest BCUT2D eigenvalue weighted by Crippen LogP contribution is 2.33. The number of benzene rings is 1. The number of hydroxylamine groups is 2. The van der Waals surface area contributed by atoms with Gasteiger partial charge in [0.2, 0.25) is 5.01 Å². The van der Waals surface area contributed by atoms with E-state index in [0.29, 0.717) is 6.20 Å². The van der Waals surface area contributed by atoms with Crippen molar-refractivity contribution >= 4 is 29.1 Å². The second kappa shape index (κ2) is 5.16. The van der Waals surface area contributed by atoms with Crippen LogP contribution in [-0.4, -0.2) is 27.8 Å². The molecule has 0 unspecified atom stereocenters. The van der Waals surface area contributed by atoms with Crippen molar-refractivity contribution in [2.75, 3.05) is 0 Å². The van der Waals surface area contributed by atoms with Gasteiger partial charge >= 0.3 is 12.1 Å². The van der Waals surface area contributed by atoms with Gasteiger partial charge in [-0.1, -0.05) is 17.2 Å². The predicted molar refractivity (Wildman–Crippen MR) is 69.5 cm³/mol. The van der Waals surface area contributed by atoms with Gasteiger partial charge in [0, 0.05) is 0 Å². The summed E-state index contributed by atoms with van der Waals surface area (Å²) < 4.78 is 37.4. The summed E-state index contributed by atoms with van der Waals surface area (Å²) in [7, 11) is 0. The Morgan fingerprint density at radius 1 is 1.13 bits per heavy atom. The highest BCUT2D eigenvalue weighted by Gasteiger charge is 2.40. The molecule has 0 saturated heterocycles. The molecule has 10 heteroatoms. The fraction of sp³-hybridized carbons (Fsp3) is 0.0769. The minimum absolute atomic E-state index is 0.0421. The van der Waals surface area contributed by atoms with E-state index in [1.54, 1.807) is 0 Å². The molecule has 1 aromatic heterocycles. The summed E-state index contributed by atoms with van der Waals surface area (Å²) in [5.74, 6) is -3.06. The van der Waals surface area contributed by atoms with Crippen molar-refractivity contribution in [1.29, 1.82) is 0 Å². The average Bonchev–Trinajstić information content (AvgIpc) is 3.08. The Hall–Kier alpha value is -2.75. The monoisotopic (exact) mass is 342 g/mol. The van der Waals surface area contributed by atoms with Crippen LogP contribution in [0.3, 0.4) is 0 Å². The Morgan fingerprint density at radius 3 is 2.17 bits per heavy atom. The highest BCUT2D eigenvalue weighted by molar-refractivity contribution is 7.13. The molecule has 3 rings (SSSR count). The van der Waals surface area contributed by atoms with Crippen LogP contribution in [0.4, 0.5) is 13.2 Å². The van der Waals surface area contributed by atoms with Crippen LogP contribution in [0.25, 0.3) is 0 Å². The number of halogens is 3. The third-order valence-corrected chi connectivity index (χ3v) is 3.91. The zero-order valence-corrected chi connectivity index (χ0v) is 11.8. The van der Waals surface area contributed by atoms with Gasteiger partial charge in [-0.25, -0.2) is 9.78 Å². The third-order valence-electron chi connectivity index (χ3n) is 2.89. The smallest absolute Gasteiger partial charge is 0.322 e. The lowest BCUT2D eigenvalue weighted by Crippen LogP contribution is -2.32. The van der Waals surface area contributed by atoms with Crippen LogP contribution in [0, 0.1) is 0 Å². The number of hydrogen-bond acceptors (Lipinski definition) is 6. The molecule has 23 heavy (non-hydrogen) atoms. The molecule has 0 bridgehead atoms. The fourth-order valence-electron chi connectivity index (χ4n) is 1.87. The lowest BCUT2D eigenvalue weighted by molar-refractivity contribution is -0.134. The molecule has 6 nitrogen and oxygen atoms in total. The van der Waals surface area contributed by atoms with Gasteiger partial charge in [-0.15, -0.1) is 11.3 Å². The average molecular weight is 342 g/mol. The zero-order valence-electron chi connectivity index (χ0n) is 11.0. The molecule has 2 aromatic rings. The zero-order chi connectivity index (χ0) is 16.8. The maximum Gasteiger partial charge on any atom is 0.427 e. The number of carbonyl (C=O) groups excluding carboxylic acids is 3. The van der Waals surface area contributed by atoms with Crippen LogP contribution in [0.5, 0.6) is 0 Å². The Kier molecular flexibility index (Phi) is 3.40. The van der Waals surface area contributed by atoms with E-state index in [1.165, 1.54) is 24.3 Å². The molecule has 0 N–H and O–H groups in total. The van der Waals surface area contributed by atoms with Crippen LogP contribution in [-0.2, 0) is 11.0 Å². The van der Waals surface area contributed by atoms with Gasteiger partial charge in [0.1, 0.15) is 4.88 Å². The number of thiazole rings is 1. The number of hydrogen-bond donors (Lipinski definition) is 0. The minimum atomic E-state index is -4.65. The molecular weight excluding hydrogens is 337 g/mol. The maximum absolute atomic E-state index is 12.5. The number of nitrogens with zero attached hydrogens (tertiary/aromatic N) is 2. The van der Waals surface area contributed by atoms with Gasteiger partial charge in [-0.3, -0.25) is 9.59 Å². The molecule has 0 saturated carbocycles. The molecule has 0 radical (unpaired) electrons. The molecule has 0 spiro atoms. The van der Waals surface area contributed by atoms with E-state index in [-0.39, 0.29) is 27.5 Å². The molecule has 1 aliphatic rings. The van der Waals surface area contributed by atoms with Crippen LogP contribution in [0.15, 0.2) is 30.5 Å². The number of carbonyl (C=O) groups is 3. The summed E-state index contributed by atoms with van der Waals surface area (Å²) in [6, 6.07) is 5.78. The molecule has 0 fully saturated rings. The topological polar surface area (TPSA) is 76.6 Å². The van der Waals surface area contributed by atoms with Crippen LogP contribution < -0.4 is 0 Å². The molecule has 0 aliphatic carbocycles. The van der Waals surface area contributed by atoms with Gasteiger partial charge in [0.25, 0.3) is 11.8 Å². The molecule has 118 valence electrons. The molecule has 2 amide bonds. The first-order valence-corrected chi connectivity index (χ1v) is 6.84. The second-order valence-electron chi connectivity index (χ2n) is 4.36. The molecule has 1 aromatic carbocycles. The standard InChI is InChI=1S/C13H5F3N2O4S/c14-13(15,16)8-5-17-9(23-8)12(21)22-18-10(19)6-3-1-2-4-7(6)11(18)20/h1-5H. The quantitative estimate of drug-likeness (QED) is 0.784. The second-order valence-corrected chi connectivity index (χ2v) is 5.39. The van der Waals surface area contributed by atoms with E-state index in [2.05, 4.69) is 9.82 Å². The van der Waals surface area contributed by atoms with E-state index in [9.17, 15) is 27.6 Å². The molecule has 0 atom stereocenters. The lowest BCUT2D eigenvalue weighted by atomic mass is 10.1. The molecule has 1 aliphatic heterocycles. The molecular formula is C13H5F3N2O4S. The fourth-order valence-corrected chi connectivity index (χ4v) is 2.53. The number of alkyl halides is 3. The SMILES string of the molecule is O=C(ON1C(=O)c2ccccc2C1=O)c1ncc(C(F)(F)F)s1. The van der Waals surface area contributed by atoms with E-state index in [4.69, 9.17) is 0 Å². The summed E-state index contributed by atoms with van der Waals surface area (Å²) in [6.07, 6.45) is -4.17. The van der Waals surface area contributed by atoms with Crippen molar-refractivity contribution in [2.45, 2.75) is 6.18 Å². The van der Waals surface area contributed by atoms with Crippen molar-refractivity contribution in [3.05, 3.63) is 51.5 Å². The van der Waals surface area contributed by atoms with E-state index in [1.807, 2.05) is 0 Å². The maximum atomic E-state index is 12.5. The third kappa shape index (κ3) is 2.57. The Labute approximate surface area is 130 Å². The number of rotatable bonds is 2. The van der Waals surface area contributed by atoms with Crippen molar-refractivity contribution in [3.8, 4) is 0 Å². The van der Waals surface area contributed by atoms with Crippen molar-refractivity contribution in [3.63, 3.8) is 0 Å². The summed E-state index contributed by atoms with van der Waals surface area (Å²) >= 11 is 0.0577. The highest BCUT2D eigenvalue weighted by atomic mass is 32.1. The summed E-state index contributed by atoms with van der Waals surface area (Å²) in [5, 5.41) is -0.407. The first kappa shape index (κ1) is 15.2. The van der Waals surface area contributed by atoms with Crippen molar-refractivity contribution < 1.29 is 32.4 Å². The predicted octanol–water partition coefficient (Wildman–Crippen LogP) is 2.53. The largest absolute Gasteiger partial charge is 0.427 e. The normalized spacial score (nSPS) is 14.1. The first-order valence-electron chi connectivity index (χ1n) is 6.02. The van der Waals surface area contributed by atoms with E-state index in [0.717, 1.165) is 0 Å². The lowest BCUT2D eigenvalue weighted by Gasteiger charge is -2.11. The number of imide groups is 1. The Balaban J connectivity index is 1.81. The van der Waals surface area contributed by atoms with Crippen LogP contribution >= 0.6 is 11.3 Å². The number of fused-ring (bicyclic) bond motifs is 1. The van der Waals surface area contributed by atoms with Gasteiger partial charge < -0.3 is 4.84 Å². The minimum Gasteiger partial charge on any atom is -0.322 e. The van der Waals surface area contributed by atoms with Gasteiger partial charge in [-0.05, 0) is 12.1 Å². The summed E-state index contributed by atoms with van der Waals surface area (Å²) in [6.45, 7) is 0. The number of amides is 2. The van der Waals surface area contributed by atoms with Crippen molar-refractivity contribution in [1.82, 2.24) is 10.0 Å². The van der Waals surface area contributed by atoms with Crippen LogP contribution in [0.1, 0.15) is 35.4 Å². The first-order chi connectivity index (χ1) is 10.8. The molecule has 2 heterocycles. The number of aromatic nitrogens is 1. The van der Waals surface area contributed by atoms with Crippen LogP contribution in [0.2, 0.25) is 0 Å². The van der Waals surface area contributed by atoms with Gasteiger partial charge in [0.05, 0.1) is 17.3 Å². The van der Waals surface area contributed by atoms with Gasteiger partial charge in [0.15, 0.2) is 0 Å². The van der Waals surface area contributed by atoms with E-state index >= 15 is 0 Å². The van der Waals surface area contributed by atoms with E-state index < -0.39 is 33.8 Å². The summed E-state index contributed by atoms with van der Waals surface area (Å²) in [4.78, 5) is 42.5. The summed E-state index contributed by atoms with van der Waals surface area (Å²) in [5.41, 5.74) is 0.0841. The Morgan fingerprint density at radius 2 is 1.70 bits per heavy atom. The van der Waals surface area contributed by atoms with Gasteiger partial charge in [-0.2, -0.15) is 13.2 Å². The van der Waals surface area contributed by atoms with Crippen molar-refractivity contribution in [2.24, 2.45) is 0 Å².